The minimum atomic E-state index is -0.393. The molecular weight excluding hydrogens is 320 g/mol. The summed E-state index contributed by atoms with van der Waals surface area (Å²) in [6.45, 7) is 1.43. The fourth-order valence-electron chi connectivity index (χ4n) is 2.88. The maximum Gasteiger partial charge on any atom is 0.262 e. The smallest absolute Gasteiger partial charge is 0.262 e. The van der Waals surface area contributed by atoms with E-state index in [9.17, 15) is 10.1 Å². The fraction of sp³-hybridized carbons (Fsp3) is 0.368. The van der Waals surface area contributed by atoms with Crippen LogP contribution >= 0.6 is 0 Å². The predicted molar refractivity (Wildman–Crippen MR) is 92.1 cm³/mol. The van der Waals surface area contributed by atoms with Gasteiger partial charge in [0.25, 0.3) is 5.91 Å². The van der Waals surface area contributed by atoms with E-state index in [4.69, 9.17) is 14.2 Å². The molecule has 1 amide bonds. The normalized spacial score (nSPS) is 19.3. The van der Waals surface area contributed by atoms with Gasteiger partial charge in [-0.2, -0.15) is 5.26 Å². The quantitative estimate of drug-likeness (QED) is 0.657. The molecule has 0 aromatic heterocycles. The van der Waals surface area contributed by atoms with E-state index in [1.165, 1.54) is 0 Å². The summed E-state index contributed by atoms with van der Waals surface area (Å²) < 4.78 is 16.5. The first kappa shape index (κ1) is 17.1. The van der Waals surface area contributed by atoms with Crippen LogP contribution in [0, 0.1) is 11.3 Å². The van der Waals surface area contributed by atoms with Gasteiger partial charge in [0, 0.05) is 18.7 Å². The Balaban J connectivity index is 1.72. The first-order valence-electron chi connectivity index (χ1n) is 8.23. The number of benzene rings is 1. The van der Waals surface area contributed by atoms with Crippen molar-refractivity contribution >= 4 is 12.0 Å². The average Bonchev–Trinajstić information content (AvgIpc) is 3.17. The summed E-state index contributed by atoms with van der Waals surface area (Å²) in [7, 11) is 1.59. The van der Waals surface area contributed by atoms with E-state index in [1.54, 1.807) is 13.2 Å². The maximum absolute atomic E-state index is 12.2. The van der Waals surface area contributed by atoms with Crippen molar-refractivity contribution in [3.8, 4) is 17.6 Å². The summed E-state index contributed by atoms with van der Waals surface area (Å²) in [5.74, 6) is 0.936. The number of nitrogens with zero attached hydrogens (tertiary/aromatic N) is 1. The van der Waals surface area contributed by atoms with Gasteiger partial charge in [0.1, 0.15) is 18.2 Å². The lowest BCUT2D eigenvalue weighted by atomic mass is 10.0. The van der Waals surface area contributed by atoms with Crippen LogP contribution in [0.15, 0.2) is 35.4 Å². The van der Waals surface area contributed by atoms with Crippen molar-refractivity contribution in [3.05, 3.63) is 41.0 Å². The van der Waals surface area contributed by atoms with Gasteiger partial charge < -0.3 is 19.5 Å². The molecule has 6 nitrogen and oxygen atoms in total. The largest absolute Gasteiger partial charge is 0.493 e. The van der Waals surface area contributed by atoms with Crippen molar-refractivity contribution in [2.75, 3.05) is 26.9 Å². The number of fused-ring (bicyclic) bond motifs is 1. The number of methoxy groups -OCH3 is 1. The second-order valence-electron chi connectivity index (χ2n) is 5.90. The Bertz CT molecular complexity index is 755. The van der Waals surface area contributed by atoms with E-state index >= 15 is 0 Å². The predicted octanol–water partition coefficient (Wildman–Crippen LogP) is 2.22. The van der Waals surface area contributed by atoms with Crippen LogP contribution in [0.25, 0.3) is 6.08 Å². The van der Waals surface area contributed by atoms with Crippen molar-refractivity contribution in [1.29, 1.82) is 5.26 Å². The summed E-state index contributed by atoms with van der Waals surface area (Å²) in [5, 5.41) is 12.1. The molecule has 1 saturated heterocycles. The number of nitriles is 1. The molecule has 2 aliphatic heterocycles. The Morgan fingerprint density at radius 2 is 2.40 bits per heavy atom. The van der Waals surface area contributed by atoms with Crippen LogP contribution in [0.3, 0.4) is 0 Å². The van der Waals surface area contributed by atoms with Gasteiger partial charge in [-0.1, -0.05) is 12.1 Å². The molecule has 2 aliphatic rings. The number of ether oxygens (including phenoxy) is 3. The Kier molecular flexibility index (Phi) is 5.36. The Morgan fingerprint density at radius 3 is 3.12 bits per heavy atom. The van der Waals surface area contributed by atoms with E-state index in [-0.39, 0.29) is 18.3 Å². The fourth-order valence-corrected chi connectivity index (χ4v) is 2.88. The maximum atomic E-state index is 12.2. The summed E-state index contributed by atoms with van der Waals surface area (Å²) >= 11 is 0. The second-order valence-corrected chi connectivity index (χ2v) is 5.90. The van der Waals surface area contributed by atoms with Gasteiger partial charge in [0.05, 0.1) is 13.2 Å². The third-order valence-electron chi connectivity index (χ3n) is 4.16. The molecule has 0 aliphatic carbocycles. The monoisotopic (exact) mass is 340 g/mol. The molecule has 1 fully saturated rings. The number of hydrogen-bond donors (Lipinski definition) is 1. The van der Waals surface area contributed by atoms with E-state index < -0.39 is 5.91 Å². The zero-order valence-corrected chi connectivity index (χ0v) is 14.1. The van der Waals surface area contributed by atoms with Crippen molar-refractivity contribution in [1.82, 2.24) is 5.32 Å². The number of hydrogen-bond acceptors (Lipinski definition) is 5. The highest BCUT2D eigenvalue weighted by Gasteiger charge is 2.19. The zero-order chi connectivity index (χ0) is 17.6. The van der Waals surface area contributed by atoms with Crippen molar-refractivity contribution in [2.24, 2.45) is 0 Å². The lowest BCUT2D eigenvalue weighted by molar-refractivity contribution is -0.117. The topological polar surface area (TPSA) is 80.6 Å². The number of nitrogens with one attached hydrogen (secondary N) is 1. The molecule has 0 saturated carbocycles. The van der Waals surface area contributed by atoms with Crippen molar-refractivity contribution in [3.63, 3.8) is 0 Å². The molecule has 1 aromatic rings. The molecule has 1 aromatic carbocycles. The minimum Gasteiger partial charge on any atom is -0.493 e. The van der Waals surface area contributed by atoms with Crippen LogP contribution in [-0.2, 0) is 9.53 Å². The number of para-hydroxylation sites is 1. The van der Waals surface area contributed by atoms with Gasteiger partial charge in [-0.05, 0) is 36.6 Å². The zero-order valence-electron chi connectivity index (χ0n) is 14.1. The highest BCUT2D eigenvalue weighted by molar-refractivity contribution is 5.98. The van der Waals surface area contributed by atoms with Gasteiger partial charge in [-0.3, -0.25) is 4.79 Å². The summed E-state index contributed by atoms with van der Waals surface area (Å²) in [4.78, 5) is 12.2. The van der Waals surface area contributed by atoms with Crippen molar-refractivity contribution in [2.45, 2.75) is 18.9 Å². The third-order valence-corrected chi connectivity index (χ3v) is 4.16. The second kappa shape index (κ2) is 7.86. The van der Waals surface area contributed by atoms with Gasteiger partial charge >= 0.3 is 0 Å². The van der Waals surface area contributed by atoms with Crippen LogP contribution in [0.4, 0.5) is 0 Å². The number of rotatable bonds is 5. The summed E-state index contributed by atoms with van der Waals surface area (Å²) in [6.07, 6.45) is 5.44. The first-order chi connectivity index (χ1) is 12.2. The molecule has 0 spiro atoms. The lowest BCUT2D eigenvalue weighted by Crippen LogP contribution is -2.32. The highest BCUT2D eigenvalue weighted by Crippen LogP contribution is 2.35. The lowest BCUT2D eigenvalue weighted by Gasteiger charge is -2.18. The van der Waals surface area contributed by atoms with Crippen LogP contribution in [0.2, 0.25) is 0 Å². The number of carbonyl (C=O) groups is 1. The van der Waals surface area contributed by atoms with Crippen LogP contribution in [0.5, 0.6) is 11.5 Å². The molecule has 1 atom stereocenters. The molecule has 130 valence electrons. The molecule has 3 rings (SSSR count). The summed E-state index contributed by atoms with van der Waals surface area (Å²) in [5.41, 5.74) is 1.66. The highest BCUT2D eigenvalue weighted by atomic mass is 16.5. The average molecular weight is 340 g/mol. The van der Waals surface area contributed by atoms with Gasteiger partial charge in [0.2, 0.25) is 0 Å². The van der Waals surface area contributed by atoms with Crippen LogP contribution in [0.1, 0.15) is 18.4 Å². The molecule has 0 radical (unpaired) electrons. The van der Waals surface area contributed by atoms with Crippen LogP contribution in [-0.4, -0.2) is 38.9 Å². The van der Waals surface area contributed by atoms with Crippen molar-refractivity contribution < 1.29 is 19.0 Å². The van der Waals surface area contributed by atoms with Gasteiger partial charge in [-0.15, -0.1) is 0 Å². The third kappa shape index (κ3) is 4.01. The summed E-state index contributed by atoms with van der Waals surface area (Å²) in [6, 6.07) is 7.55. The molecule has 6 heteroatoms. The van der Waals surface area contributed by atoms with E-state index in [0.29, 0.717) is 18.0 Å². The number of carbonyl (C=O) groups excluding carboxylic acids is 1. The Hall–Kier alpha value is -2.78. The Labute approximate surface area is 146 Å². The molecule has 25 heavy (non-hydrogen) atoms. The number of amides is 1. The first-order valence-corrected chi connectivity index (χ1v) is 8.23. The molecule has 1 N–H and O–H groups in total. The van der Waals surface area contributed by atoms with Gasteiger partial charge in [0.15, 0.2) is 11.5 Å². The molecule has 1 unspecified atom stereocenters. The van der Waals surface area contributed by atoms with E-state index in [0.717, 1.165) is 30.6 Å². The molecular formula is C19H20N2O4. The minimum absolute atomic E-state index is 0.0421. The SMILES string of the molecule is COc1cccc2c1OCC(/C=C(/C#N)C(=O)NCC1CCCO1)=C2. The van der Waals surface area contributed by atoms with E-state index in [2.05, 4.69) is 5.32 Å². The molecule has 0 bridgehead atoms. The van der Waals surface area contributed by atoms with Crippen LogP contribution < -0.4 is 14.8 Å². The Morgan fingerprint density at radius 1 is 1.52 bits per heavy atom. The van der Waals surface area contributed by atoms with E-state index in [1.807, 2.05) is 30.3 Å². The molecule has 2 heterocycles. The standard InChI is InChI=1S/C19H20N2O4/c1-23-17-6-2-4-14-8-13(12-25-18(14)17)9-15(10-20)19(22)21-11-16-5-3-7-24-16/h2,4,6,8-9,16H,3,5,7,11-12H2,1H3,(H,21,22)/b15-9-. The van der Waals surface area contributed by atoms with Gasteiger partial charge in [-0.25, -0.2) is 0 Å².